The normalized spacial score (nSPS) is 12.8. The van der Waals surface area contributed by atoms with Crippen LogP contribution in [0, 0.1) is 0 Å². The van der Waals surface area contributed by atoms with Gasteiger partial charge >= 0.3 is 0 Å². The number of aryl methyl sites for hydroxylation is 1. The molecule has 0 saturated carbocycles. The molecule has 2 heterocycles. The fourth-order valence-corrected chi connectivity index (χ4v) is 1.84. The molecule has 1 amide bonds. The maximum atomic E-state index is 11.7. The Morgan fingerprint density at radius 2 is 2.20 bits per heavy atom. The van der Waals surface area contributed by atoms with Crippen LogP contribution in [0.4, 0.5) is 5.82 Å². The first-order chi connectivity index (χ1) is 9.70. The predicted molar refractivity (Wildman–Crippen MR) is 73.4 cm³/mol. The number of carbonyl (C=O) groups is 1. The molecule has 0 atom stereocenters. The van der Waals surface area contributed by atoms with E-state index in [1.54, 1.807) is 30.1 Å². The molecule has 0 unspecified atom stereocenters. The molecule has 1 aromatic carbocycles. The van der Waals surface area contributed by atoms with Crippen LogP contribution in [0.1, 0.15) is 5.56 Å². The van der Waals surface area contributed by atoms with Crippen LogP contribution in [-0.4, -0.2) is 22.5 Å². The Balaban J connectivity index is 1.66. The molecule has 1 aliphatic rings. The average molecular weight is 271 g/mol. The molecule has 20 heavy (non-hydrogen) atoms. The third-order valence-electron chi connectivity index (χ3n) is 2.79. The van der Waals surface area contributed by atoms with E-state index >= 15 is 0 Å². The third kappa shape index (κ3) is 2.64. The summed E-state index contributed by atoms with van der Waals surface area (Å²) in [6, 6.07) is 7.23. The van der Waals surface area contributed by atoms with Gasteiger partial charge in [0, 0.05) is 25.4 Å². The van der Waals surface area contributed by atoms with Gasteiger partial charge in [0.05, 0.1) is 0 Å². The molecule has 3 rings (SSSR count). The molecule has 0 spiro atoms. The molecule has 1 N–H and O–H groups in total. The molecule has 0 bridgehead atoms. The van der Waals surface area contributed by atoms with Crippen LogP contribution in [-0.2, 0) is 11.8 Å². The number of ether oxygens (including phenoxy) is 2. The minimum atomic E-state index is -0.235. The summed E-state index contributed by atoms with van der Waals surface area (Å²) < 4.78 is 12.1. The summed E-state index contributed by atoms with van der Waals surface area (Å²) in [6.45, 7) is 0.239. The number of carbonyl (C=O) groups excluding carboxylic acids is 1. The van der Waals surface area contributed by atoms with Crippen molar-refractivity contribution in [2.24, 2.45) is 7.05 Å². The zero-order valence-electron chi connectivity index (χ0n) is 10.9. The van der Waals surface area contributed by atoms with Crippen molar-refractivity contribution >= 4 is 17.8 Å². The summed E-state index contributed by atoms with van der Waals surface area (Å²) in [4.78, 5) is 11.7. The Bertz CT molecular complexity index is 676. The number of nitrogens with one attached hydrogen (secondary N) is 1. The molecule has 0 fully saturated rings. The van der Waals surface area contributed by atoms with Crippen LogP contribution in [0.15, 0.2) is 36.5 Å². The number of aromatic nitrogens is 2. The summed E-state index contributed by atoms with van der Waals surface area (Å²) in [5.41, 5.74) is 0.866. The lowest BCUT2D eigenvalue weighted by Gasteiger charge is -1.98. The smallest absolute Gasteiger partial charge is 0.249 e. The van der Waals surface area contributed by atoms with Crippen molar-refractivity contribution in [2.75, 3.05) is 12.1 Å². The van der Waals surface area contributed by atoms with Crippen molar-refractivity contribution in [3.63, 3.8) is 0 Å². The largest absolute Gasteiger partial charge is 0.454 e. The van der Waals surface area contributed by atoms with E-state index in [1.165, 1.54) is 6.08 Å². The fourth-order valence-electron chi connectivity index (χ4n) is 1.84. The number of hydrogen-bond donors (Lipinski definition) is 1. The summed E-state index contributed by atoms with van der Waals surface area (Å²) >= 11 is 0. The van der Waals surface area contributed by atoms with Gasteiger partial charge in [-0.3, -0.25) is 9.48 Å². The van der Waals surface area contributed by atoms with Crippen LogP contribution in [0.3, 0.4) is 0 Å². The molecule has 102 valence electrons. The van der Waals surface area contributed by atoms with Crippen LogP contribution >= 0.6 is 0 Å². The zero-order valence-corrected chi connectivity index (χ0v) is 10.9. The lowest BCUT2D eigenvalue weighted by molar-refractivity contribution is -0.111. The van der Waals surface area contributed by atoms with Gasteiger partial charge in [0.1, 0.15) is 0 Å². The van der Waals surface area contributed by atoms with E-state index in [-0.39, 0.29) is 12.7 Å². The van der Waals surface area contributed by atoms with E-state index in [0.717, 1.165) is 11.3 Å². The van der Waals surface area contributed by atoms with Crippen molar-refractivity contribution in [3.8, 4) is 11.5 Å². The van der Waals surface area contributed by atoms with Gasteiger partial charge in [0.15, 0.2) is 17.3 Å². The van der Waals surface area contributed by atoms with Crippen molar-refractivity contribution in [1.29, 1.82) is 0 Å². The second-order valence-corrected chi connectivity index (χ2v) is 4.31. The van der Waals surface area contributed by atoms with Crippen molar-refractivity contribution in [3.05, 3.63) is 42.1 Å². The molecule has 0 aliphatic carbocycles. The first-order valence-corrected chi connectivity index (χ1v) is 6.09. The zero-order chi connectivity index (χ0) is 13.9. The van der Waals surface area contributed by atoms with Gasteiger partial charge in [-0.2, -0.15) is 5.10 Å². The van der Waals surface area contributed by atoms with Crippen LogP contribution < -0.4 is 14.8 Å². The number of rotatable bonds is 3. The van der Waals surface area contributed by atoms with Gasteiger partial charge in [-0.05, 0) is 23.8 Å². The first-order valence-electron chi connectivity index (χ1n) is 6.09. The van der Waals surface area contributed by atoms with E-state index in [4.69, 9.17) is 9.47 Å². The molecule has 1 aliphatic heterocycles. The molecular weight excluding hydrogens is 258 g/mol. The van der Waals surface area contributed by atoms with Gasteiger partial charge in [0.25, 0.3) is 0 Å². The van der Waals surface area contributed by atoms with Gasteiger partial charge in [-0.15, -0.1) is 0 Å². The minimum Gasteiger partial charge on any atom is -0.454 e. The van der Waals surface area contributed by atoms with Gasteiger partial charge in [-0.1, -0.05) is 6.07 Å². The van der Waals surface area contributed by atoms with Gasteiger partial charge in [0.2, 0.25) is 12.7 Å². The Morgan fingerprint density at radius 3 is 3.00 bits per heavy atom. The van der Waals surface area contributed by atoms with Crippen molar-refractivity contribution in [1.82, 2.24) is 9.78 Å². The summed E-state index contributed by atoms with van der Waals surface area (Å²) in [5.74, 6) is 1.70. The molecule has 1 aromatic heterocycles. The molecule has 6 heteroatoms. The van der Waals surface area contributed by atoms with E-state index in [0.29, 0.717) is 11.6 Å². The number of fused-ring (bicyclic) bond motifs is 1. The van der Waals surface area contributed by atoms with E-state index in [9.17, 15) is 4.79 Å². The standard InChI is InChI=1S/C14H13N3O3/c1-17-7-6-13(16-17)15-14(18)5-3-10-2-4-11-12(8-10)20-9-19-11/h2-8H,9H2,1H3,(H,15,16,18)/b5-3+. The highest BCUT2D eigenvalue weighted by molar-refractivity contribution is 6.01. The lowest BCUT2D eigenvalue weighted by Crippen LogP contribution is -2.08. The maximum Gasteiger partial charge on any atom is 0.249 e. The number of amides is 1. The Labute approximate surface area is 115 Å². The molecule has 0 saturated heterocycles. The summed E-state index contributed by atoms with van der Waals surface area (Å²) in [7, 11) is 1.79. The molecule has 2 aromatic rings. The maximum absolute atomic E-state index is 11.7. The third-order valence-corrected chi connectivity index (χ3v) is 2.79. The van der Waals surface area contributed by atoms with E-state index in [1.807, 2.05) is 18.2 Å². The Hall–Kier alpha value is -2.76. The van der Waals surface area contributed by atoms with Crippen molar-refractivity contribution in [2.45, 2.75) is 0 Å². The quantitative estimate of drug-likeness (QED) is 0.864. The minimum absolute atomic E-state index is 0.235. The van der Waals surface area contributed by atoms with Gasteiger partial charge in [-0.25, -0.2) is 0 Å². The van der Waals surface area contributed by atoms with E-state index in [2.05, 4.69) is 10.4 Å². The second kappa shape index (κ2) is 5.08. The number of hydrogen-bond acceptors (Lipinski definition) is 4. The topological polar surface area (TPSA) is 65.4 Å². The lowest BCUT2D eigenvalue weighted by atomic mass is 10.2. The Morgan fingerprint density at radius 1 is 1.35 bits per heavy atom. The number of nitrogens with zero attached hydrogens (tertiary/aromatic N) is 2. The highest BCUT2D eigenvalue weighted by Crippen LogP contribution is 2.32. The van der Waals surface area contributed by atoms with Crippen LogP contribution in [0.25, 0.3) is 6.08 Å². The Kier molecular flexibility index (Phi) is 3.12. The molecular formula is C14H13N3O3. The van der Waals surface area contributed by atoms with Crippen molar-refractivity contribution < 1.29 is 14.3 Å². The SMILES string of the molecule is Cn1ccc(NC(=O)/C=C/c2ccc3c(c2)OCO3)n1. The molecule has 6 nitrogen and oxygen atoms in total. The number of anilines is 1. The van der Waals surface area contributed by atoms with E-state index < -0.39 is 0 Å². The van der Waals surface area contributed by atoms with Crippen LogP contribution in [0.2, 0.25) is 0 Å². The second-order valence-electron chi connectivity index (χ2n) is 4.31. The summed E-state index contributed by atoms with van der Waals surface area (Å²) in [5, 5.41) is 6.74. The highest BCUT2D eigenvalue weighted by Gasteiger charge is 2.12. The monoisotopic (exact) mass is 271 g/mol. The molecule has 0 radical (unpaired) electrons. The van der Waals surface area contributed by atoms with Crippen LogP contribution in [0.5, 0.6) is 11.5 Å². The summed E-state index contributed by atoms with van der Waals surface area (Å²) in [6.07, 6.45) is 4.92. The van der Waals surface area contributed by atoms with Gasteiger partial charge < -0.3 is 14.8 Å². The average Bonchev–Trinajstić information content (AvgIpc) is 3.04. The highest BCUT2D eigenvalue weighted by atomic mass is 16.7. The fraction of sp³-hybridized carbons (Fsp3) is 0.143. The number of benzene rings is 1. The first kappa shape index (κ1) is 12.3. The predicted octanol–water partition coefficient (Wildman–Crippen LogP) is 1.80.